The highest BCUT2D eigenvalue weighted by Gasteiger charge is 2.30. The summed E-state index contributed by atoms with van der Waals surface area (Å²) in [5, 5.41) is 11.2. The normalized spacial score (nSPS) is 18.2. The number of hydrogen-bond donors (Lipinski definition) is 0. The zero-order valence-corrected chi connectivity index (χ0v) is 23.2. The molecule has 0 atom stereocenters. The Labute approximate surface area is 240 Å². The van der Waals surface area contributed by atoms with Gasteiger partial charge in [0.1, 0.15) is 0 Å². The van der Waals surface area contributed by atoms with Crippen LogP contribution in [0.3, 0.4) is 0 Å². The van der Waals surface area contributed by atoms with Gasteiger partial charge in [0.15, 0.2) is 11.5 Å². The van der Waals surface area contributed by atoms with Crippen molar-refractivity contribution >= 4 is 16.7 Å². The highest BCUT2D eigenvalue weighted by atomic mass is 16.7. The summed E-state index contributed by atoms with van der Waals surface area (Å²) in [6, 6.07) is 24.9. The van der Waals surface area contributed by atoms with Gasteiger partial charge in [-0.05, 0) is 59.5 Å². The third kappa shape index (κ3) is 5.62. The van der Waals surface area contributed by atoms with E-state index in [1.807, 2.05) is 41.3 Å². The molecular formula is C33H35N5O3. The minimum atomic E-state index is 0.160. The number of benzene rings is 3. The number of fused-ring (bicyclic) bond motifs is 2. The molecule has 0 aliphatic carbocycles. The lowest BCUT2D eigenvalue weighted by Gasteiger charge is -2.42. The van der Waals surface area contributed by atoms with E-state index < -0.39 is 0 Å². The van der Waals surface area contributed by atoms with Gasteiger partial charge in [-0.3, -0.25) is 14.6 Å². The molecule has 0 bridgehead atoms. The molecule has 0 spiro atoms. The van der Waals surface area contributed by atoms with Crippen molar-refractivity contribution in [3.63, 3.8) is 0 Å². The van der Waals surface area contributed by atoms with Crippen LogP contribution in [0.25, 0.3) is 10.8 Å². The van der Waals surface area contributed by atoms with Crippen LogP contribution in [0, 0.1) is 0 Å². The van der Waals surface area contributed by atoms with Crippen molar-refractivity contribution in [2.24, 2.45) is 0 Å². The van der Waals surface area contributed by atoms with Gasteiger partial charge in [-0.15, -0.1) is 0 Å². The van der Waals surface area contributed by atoms with E-state index in [0.717, 1.165) is 110 Å². The van der Waals surface area contributed by atoms with Crippen molar-refractivity contribution in [3.05, 3.63) is 95.3 Å². The van der Waals surface area contributed by atoms with E-state index in [2.05, 4.69) is 56.4 Å². The summed E-state index contributed by atoms with van der Waals surface area (Å²) in [4.78, 5) is 20.5. The van der Waals surface area contributed by atoms with Crippen LogP contribution >= 0.6 is 0 Å². The van der Waals surface area contributed by atoms with Crippen LogP contribution in [0.15, 0.2) is 72.8 Å². The van der Waals surface area contributed by atoms with Crippen molar-refractivity contribution in [2.45, 2.75) is 31.8 Å². The van der Waals surface area contributed by atoms with Gasteiger partial charge in [0, 0.05) is 63.8 Å². The third-order valence-electron chi connectivity index (χ3n) is 8.68. The van der Waals surface area contributed by atoms with Crippen LogP contribution in [-0.2, 0) is 13.0 Å². The topological polar surface area (TPSA) is 71.0 Å². The molecule has 7 rings (SSSR count). The number of carbonyl (C=O) groups excluding carboxylic acids is 1. The van der Waals surface area contributed by atoms with Gasteiger partial charge in [0.05, 0.1) is 11.4 Å². The lowest BCUT2D eigenvalue weighted by Crippen LogP contribution is -2.53. The molecule has 0 radical (unpaired) electrons. The average Bonchev–Trinajstić information content (AvgIpc) is 3.50. The first kappa shape index (κ1) is 25.9. The molecule has 210 valence electrons. The summed E-state index contributed by atoms with van der Waals surface area (Å²) < 4.78 is 10.9. The number of ether oxygens (including phenoxy) is 2. The zero-order chi connectivity index (χ0) is 27.6. The molecule has 0 N–H and O–H groups in total. The number of hydrogen-bond acceptors (Lipinski definition) is 7. The highest BCUT2D eigenvalue weighted by Crippen LogP contribution is 2.33. The van der Waals surface area contributed by atoms with Crippen LogP contribution in [-0.4, -0.2) is 82.9 Å². The Hall–Kier alpha value is -4.01. The molecule has 1 amide bonds. The van der Waals surface area contributed by atoms with E-state index in [1.165, 1.54) is 0 Å². The summed E-state index contributed by atoms with van der Waals surface area (Å²) in [6.45, 7) is 6.90. The number of carbonyl (C=O) groups is 1. The Balaban J connectivity index is 0.876. The van der Waals surface area contributed by atoms with Gasteiger partial charge >= 0.3 is 0 Å². The number of rotatable bonds is 6. The average molecular weight is 550 g/mol. The number of piperidine rings is 1. The molecule has 2 fully saturated rings. The molecule has 4 heterocycles. The summed E-state index contributed by atoms with van der Waals surface area (Å²) >= 11 is 0. The van der Waals surface area contributed by atoms with E-state index >= 15 is 0 Å². The summed E-state index contributed by atoms with van der Waals surface area (Å²) in [5.41, 5.74) is 3.91. The quantitative estimate of drug-likeness (QED) is 0.354. The molecule has 3 aliphatic heterocycles. The van der Waals surface area contributed by atoms with E-state index in [9.17, 15) is 4.79 Å². The summed E-state index contributed by atoms with van der Waals surface area (Å²) in [6.07, 6.45) is 2.79. The largest absolute Gasteiger partial charge is 0.454 e. The fourth-order valence-electron chi connectivity index (χ4n) is 6.36. The number of aromatic nitrogens is 2. The number of nitrogens with zero attached hydrogens (tertiary/aromatic N) is 5. The monoisotopic (exact) mass is 549 g/mol. The van der Waals surface area contributed by atoms with Gasteiger partial charge in [-0.25, -0.2) is 0 Å². The first-order chi connectivity index (χ1) is 20.2. The highest BCUT2D eigenvalue weighted by molar-refractivity contribution is 6.07. The van der Waals surface area contributed by atoms with Gasteiger partial charge in [-0.1, -0.05) is 42.5 Å². The van der Waals surface area contributed by atoms with Gasteiger partial charge in [0.2, 0.25) is 6.79 Å². The molecule has 8 nitrogen and oxygen atoms in total. The van der Waals surface area contributed by atoms with Gasteiger partial charge < -0.3 is 14.4 Å². The fraction of sp³-hybridized carbons (Fsp3) is 0.364. The molecule has 41 heavy (non-hydrogen) atoms. The zero-order valence-electron chi connectivity index (χ0n) is 23.2. The molecule has 3 aromatic carbocycles. The smallest absolute Gasteiger partial charge is 0.254 e. The van der Waals surface area contributed by atoms with Crippen LogP contribution in [0.2, 0.25) is 0 Å². The van der Waals surface area contributed by atoms with E-state index in [-0.39, 0.29) is 12.7 Å². The lowest BCUT2D eigenvalue weighted by atomic mass is 9.99. The Morgan fingerprint density at radius 2 is 1.54 bits per heavy atom. The van der Waals surface area contributed by atoms with E-state index in [4.69, 9.17) is 9.47 Å². The molecule has 4 aromatic rings. The van der Waals surface area contributed by atoms with Crippen molar-refractivity contribution in [3.8, 4) is 11.5 Å². The second-order valence-corrected chi connectivity index (χ2v) is 11.2. The maximum absolute atomic E-state index is 13.4. The summed E-state index contributed by atoms with van der Waals surface area (Å²) in [7, 11) is 0. The van der Waals surface area contributed by atoms with Crippen LogP contribution in [0.5, 0.6) is 11.5 Å². The molecule has 3 aliphatic rings. The van der Waals surface area contributed by atoms with Crippen molar-refractivity contribution in [1.29, 1.82) is 0 Å². The van der Waals surface area contributed by atoms with Crippen molar-refractivity contribution < 1.29 is 14.3 Å². The Morgan fingerprint density at radius 1 is 0.780 bits per heavy atom. The van der Waals surface area contributed by atoms with E-state index in [0.29, 0.717) is 6.04 Å². The van der Waals surface area contributed by atoms with Gasteiger partial charge in [0.25, 0.3) is 5.91 Å². The standard InChI is InChI=1S/C33H35N5O3/c39-33(30-7-3-5-25-4-1-2-6-29(25)30)38-14-12-28(13-15-38)37-18-16-36(17-19-37)22-27-10-9-26(34-35-27)20-24-8-11-31-32(21-24)41-23-40-31/h1-11,21,28H,12-20,22-23H2. The van der Waals surface area contributed by atoms with Crippen LogP contribution < -0.4 is 9.47 Å². The molecule has 8 heteroatoms. The molecule has 2 saturated heterocycles. The third-order valence-corrected chi connectivity index (χ3v) is 8.68. The van der Waals surface area contributed by atoms with Crippen molar-refractivity contribution in [1.82, 2.24) is 24.9 Å². The first-order valence-corrected chi connectivity index (χ1v) is 14.6. The molecule has 0 saturated carbocycles. The predicted octanol–water partition coefficient (Wildman–Crippen LogP) is 4.37. The SMILES string of the molecule is O=C(c1cccc2ccccc12)N1CCC(N2CCN(Cc3ccc(Cc4ccc5c(c4)OCO5)nn3)CC2)CC1. The minimum absolute atomic E-state index is 0.160. The molecule has 0 unspecified atom stereocenters. The Bertz CT molecular complexity index is 1520. The van der Waals surface area contributed by atoms with Crippen molar-refractivity contribution in [2.75, 3.05) is 46.1 Å². The second-order valence-electron chi connectivity index (χ2n) is 11.2. The number of amides is 1. The second kappa shape index (κ2) is 11.5. The van der Waals surface area contributed by atoms with Crippen LogP contribution in [0.4, 0.5) is 0 Å². The van der Waals surface area contributed by atoms with Gasteiger partial charge in [-0.2, -0.15) is 10.2 Å². The summed E-state index contributed by atoms with van der Waals surface area (Å²) in [5.74, 6) is 1.76. The minimum Gasteiger partial charge on any atom is -0.454 e. The molecule has 1 aromatic heterocycles. The fourth-order valence-corrected chi connectivity index (χ4v) is 6.36. The molecular weight excluding hydrogens is 514 g/mol. The van der Waals surface area contributed by atoms with Crippen LogP contribution in [0.1, 0.15) is 40.2 Å². The number of likely N-dealkylation sites (tertiary alicyclic amines) is 1. The Morgan fingerprint density at radius 3 is 2.37 bits per heavy atom. The Kier molecular flexibility index (Phi) is 7.25. The maximum atomic E-state index is 13.4. The predicted molar refractivity (Wildman–Crippen MR) is 157 cm³/mol. The maximum Gasteiger partial charge on any atom is 0.254 e. The lowest BCUT2D eigenvalue weighted by molar-refractivity contribution is 0.0466. The van der Waals surface area contributed by atoms with E-state index in [1.54, 1.807) is 0 Å². The first-order valence-electron chi connectivity index (χ1n) is 14.6. The number of piperazine rings is 1.